The molecule has 0 spiro atoms. The number of phenolic OH excluding ortho intramolecular Hbond substituents is 1. The highest BCUT2D eigenvalue weighted by Crippen LogP contribution is 2.30. The lowest BCUT2D eigenvalue weighted by Gasteiger charge is -2.10. The van der Waals surface area contributed by atoms with Crippen molar-refractivity contribution < 1.29 is 18.3 Å². The molecule has 0 fully saturated rings. The highest BCUT2D eigenvalue weighted by Gasteiger charge is 2.30. The number of nitrogens with zero attached hydrogens (tertiary/aromatic N) is 4. The van der Waals surface area contributed by atoms with E-state index in [-0.39, 0.29) is 5.75 Å². The second kappa shape index (κ2) is 9.38. The molecule has 2 aromatic carbocycles. The molecule has 3 aromatic heterocycles. The van der Waals surface area contributed by atoms with Gasteiger partial charge in [0.05, 0.1) is 23.3 Å². The van der Waals surface area contributed by atoms with Crippen LogP contribution in [0.25, 0.3) is 21.9 Å². The van der Waals surface area contributed by atoms with Crippen molar-refractivity contribution in [2.75, 3.05) is 11.9 Å². The van der Waals surface area contributed by atoms with E-state index in [1.165, 1.54) is 23.5 Å². The van der Waals surface area contributed by atoms with Crippen LogP contribution in [-0.4, -0.2) is 31.2 Å². The van der Waals surface area contributed by atoms with Gasteiger partial charge in [-0.1, -0.05) is 30.3 Å². The minimum Gasteiger partial charge on any atom is -0.508 e. The Morgan fingerprint density at radius 3 is 2.37 bits per heavy atom. The first-order valence-corrected chi connectivity index (χ1v) is 11.7. The molecule has 2 N–H and O–H groups in total. The van der Waals surface area contributed by atoms with Crippen molar-refractivity contribution in [3.63, 3.8) is 0 Å². The van der Waals surface area contributed by atoms with Gasteiger partial charge in [0.1, 0.15) is 11.3 Å². The van der Waals surface area contributed by atoms with Gasteiger partial charge in [0.2, 0.25) is 0 Å². The zero-order chi connectivity index (χ0) is 24.4. The third-order valence-electron chi connectivity index (χ3n) is 5.48. The topological polar surface area (TPSA) is 75.9 Å². The lowest BCUT2D eigenvalue weighted by molar-refractivity contribution is -0.137. The molecule has 10 heteroatoms. The summed E-state index contributed by atoms with van der Waals surface area (Å²) in [5.74, 6) is 1.36. The standard InChI is InChI=1S/C25H20F3N5OS/c26-25(27,28)18-7-3-17(4-8-18)14-33-15-30-21-23(29-12-11-16-5-9-19(34)10-6-16)31-22(32-24(21)33)20-2-1-13-35-20/h1-10,13,15,34H,11-12,14H2,(H,29,31,32). The van der Waals surface area contributed by atoms with Crippen molar-refractivity contribution >= 4 is 28.3 Å². The third-order valence-corrected chi connectivity index (χ3v) is 6.35. The summed E-state index contributed by atoms with van der Waals surface area (Å²) in [6.07, 6.45) is -2.03. The predicted octanol–water partition coefficient (Wildman–Crippen LogP) is 5.98. The maximum atomic E-state index is 12.9. The number of phenols is 1. The summed E-state index contributed by atoms with van der Waals surface area (Å²) in [5, 5.41) is 14.8. The van der Waals surface area contributed by atoms with E-state index >= 15 is 0 Å². The van der Waals surface area contributed by atoms with Crippen molar-refractivity contribution in [3.8, 4) is 16.5 Å². The number of imidazole rings is 1. The summed E-state index contributed by atoms with van der Waals surface area (Å²) < 4.78 is 40.5. The first-order valence-electron chi connectivity index (χ1n) is 10.8. The number of rotatable bonds is 7. The Kier molecular flexibility index (Phi) is 6.12. The van der Waals surface area contributed by atoms with Crippen LogP contribution in [0.4, 0.5) is 19.0 Å². The van der Waals surface area contributed by atoms with E-state index in [0.29, 0.717) is 47.9 Å². The predicted molar refractivity (Wildman–Crippen MR) is 129 cm³/mol. The van der Waals surface area contributed by atoms with Crippen molar-refractivity contribution in [2.24, 2.45) is 0 Å². The largest absolute Gasteiger partial charge is 0.508 e. The van der Waals surface area contributed by atoms with E-state index in [1.54, 1.807) is 18.5 Å². The lowest BCUT2D eigenvalue weighted by Crippen LogP contribution is -2.09. The van der Waals surface area contributed by atoms with Crippen LogP contribution in [0, 0.1) is 0 Å². The average Bonchev–Trinajstić information content (AvgIpc) is 3.51. The maximum absolute atomic E-state index is 12.9. The summed E-state index contributed by atoms with van der Waals surface area (Å²) >= 11 is 1.52. The average molecular weight is 496 g/mol. The van der Waals surface area contributed by atoms with Crippen molar-refractivity contribution in [1.29, 1.82) is 0 Å². The number of halogens is 3. The van der Waals surface area contributed by atoms with Gasteiger partial charge in [-0.25, -0.2) is 15.0 Å². The summed E-state index contributed by atoms with van der Waals surface area (Å²) in [6, 6.07) is 16.0. The monoisotopic (exact) mass is 495 g/mol. The minimum absolute atomic E-state index is 0.221. The highest BCUT2D eigenvalue weighted by molar-refractivity contribution is 7.13. The molecule has 0 unspecified atom stereocenters. The zero-order valence-electron chi connectivity index (χ0n) is 18.3. The molecule has 0 saturated carbocycles. The quantitative estimate of drug-likeness (QED) is 0.290. The van der Waals surface area contributed by atoms with Crippen LogP contribution < -0.4 is 5.32 Å². The summed E-state index contributed by atoms with van der Waals surface area (Å²) in [6.45, 7) is 0.912. The van der Waals surface area contributed by atoms with Gasteiger partial charge in [-0.3, -0.25) is 0 Å². The fourth-order valence-electron chi connectivity index (χ4n) is 3.68. The number of nitrogens with one attached hydrogen (secondary N) is 1. The number of benzene rings is 2. The molecule has 0 atom stereocenters. The van der Waals surface area contributed by atoms with Crippen molar-refractivity contribution in [3.05, 3.63) is 89.1 Å². The van der Waals surface area contributed by atoms with Gasteiger partial charge >= 0.3 is 6.18 Å². The van der Waals surface area contributed by atoms with E-state index in [2.05, 4.69) is 10.3 Å². The van der Waals surface area contributed by atoms with Gasteiger partial charge in [-0.05, 0) is 53.3 Å². The number of fused-ring (bicyclic) bond motifs is 1. The van der Waals surface area contributed by atoms with E-state index in [0.717, 1.165) is 22.6 Å². The van der Waals surface area contributed by atoms with Gasteiger partial charge in [0, 0.05) is 6.54 Å². The molecule has 0 bridgehead atoms. The second-order valence-electron chi connectivity index (χ2n) is 7.96. The van der Waals surface area contributed by atoms with Gasteiger partial charge < -0.3 is 15.0 Å². The number of hydrogen-bond donors (Lipinski definition) is 2. The number of aromatic hydroxyl groups is 1. The van der Waals surface area contributed by atoms with E-state index in [9.17, 15) is 18.3 Å². The van der Waals surface area contributed by atoms with Gasteiger partial charge in [-0.2, -0.15) is 13.2 Å². The number of anilines is 1. The Labute approximate surface area is 202 Å². The first kappa shape index (κ1) is 22.9. The summed E-state index contributed by atoms with van der Waals surface area (Å²) in [5.41, 5.74) is 2.26. The van der Waals surface area contributed by atoms with Crippen LogP contribution in [0.3, 0.4) is 0 Å². The molecule has 3 heterocycles. The molecule has 0 aliphatic heterocycles. The normalized spacial score (nSPS) is 11.7. The molecule has 0 aliphatic carbocycles. The zero-order valence-corrected chi connectivity index (χ0v) is 19.1. The maximum Gasteiger partial charge on any atom is 0.416 e. The fraction of sp³-hybridized carbons (Fsp3) is 0.160. The van der Waals surface area contributed by atoms with Crippen LogP contribution in [0.5, 0.6) is 5.75 Å². The Balaban J connectivity index is 1.44. The molecule has 6 nitrogen and oxygen atoms in total. The van der Waals surface area contributed by atoms with E-state index in [4.69, 9.17) is 9.97 Å². The number of alkyl halides is 3. The molecule has 5 rings (SSSR count). The van der Waals surface area contributed by atoms with Gasteiger partial charge in [0.25, 0.3) is 0 Å². The molecular weight excluding hydrogens is 475 g/mol. The molecule has 0 saturated heterocycles. The smallest absolute Gasteiger partial charge is 0.416 e. The number of hydrogen-bond acceptors (Lipinski definition) is 6. The Hall–Kier alpha value is -3.92. The van der Waals surface area contributed by atoms with Crippen LogP contribution in [0.1, 0.15) is 16.7 Å². The molecule has 35 heavy (non-hydrogen) atoms. The molecule has 0 amide bonds. The van der Waals surface area contributed by atoms with Crippen molar-refractivity contribution in [2.45, 2.75) is 19.1 Å². The third kappa shape index (κ3) is 5.12. The van der Waals surface area contributed by atoms with E-state index < -0.39 is 11.7 Å². The fourth-order valence-corrected chi connectivity index (χ4v) is 4.34. The molecule has 178 valence electrons. The minimum atomic E-state index is -4.37. The molecule has 0 radical (unpaired) electrons. The van der Waals surface area contributed by atoms with E-state index in [1.807, 2.05) is 34.2 Å². The molecule has 5 aromatic rings. The number of thiophene rings is 1. The van der Waals surface area contributed by atoms with Gasteiger partial charge in [-0.15, -0.1) is 11.3 Å². The summed E-state index contributed by atoms with van der Waals surface area (Å²) in [4.78, 5) is 14.8. The number of aromatic nitrogens is 4. The van der Waals surface area contributed by atoms with Crippen LogP contribution in [0.15, 0.2) is 72.4 Å². The van der Waals surface area contributed by atoms with Crippen LogP contribution in [-0.2, 0) is 19.1 Å². The SMILES string of the molecule is Oc1ccc(CCNc2nc(-c3cccs3)nc3c2ncn3Cc2ccc(C(F)(F)F)cc2)cc1. The Morgan fingerprint density at radius 2 is 1.69 bits per heavy atom. The first-order chi connectivity index (χ1) is 16.9. The molecular formula is C25H20F3N5OS. The van der Waals surface area contributed by atoms with Crippen LogP contribution in [0.2, 0.25) is 0 Å². The van der Waals surface area contributed by atoms with Crippen LogP contribution >= 0.6 is 11.3 Å². The summed E-state index contributed by atoms with van der Waals surface area (Å²) in [7, 11) is 0. The lowest BCUT2D eigenvalue weighted by atomic mass is 10.1. The second-order valence-corrected chi connectivity index (χ2v) is 8.90. The Bertz CT molecular complexity index is 1430. The van der Waals surface area contributed by atoms with Crippen molar-refractivity contribution in [1.82, 2.24) is 19.5 Å². The molecule has 0 aliphatic rings. The van der Waals surface area contributed by atoms with Gasteiger partial charge in [0.15, 0.2) is 17.3 Å². The highest BCUT2D eigenvalue weighted by atomic mass is 32.1. The Morgan fingerprint density at radius 1 is 0.943 bits per heavy atom.